The Hall–Kier alpha value is -1.59. The summed E-state index contributed by atoms with van der Waals surface area (Å²) in [6, 6.07) is 13.8. The maximum Gasteiger partial charge on any atom is 0.222 e. The Morgan fingerprint density at radius 3 is 2.68 bits per heavy atom. The lowest BCUT2D eigenvalue weighted by Gasteiger charge is -2.43. The molecule has 0 radical (unpaired) electrons. The molecule has 150 valence electrons. The highest BCUT2D eigenvalue weighted by molar-refractivity contribution is 6.31. The molecule has 0 amide bonds. The molecular formula is C23H27ClO4. The second-order valence-corrected chi connectivity index (χ2v) is 8.60. The third-order valence-corrected chi connectivity index (χ3v) is 6.12. The van der Waals surface area contributed by atoms with Crippen LogP contribution in [0.3, 0.4) is 0 Å². The van der Waals surface area contributed by atoms with E-state index in [9.17, 15) is 5.11 Å². The number of ether oxygens (including phenoxy) is 3. The minimum Gasteiger partial charge on any atom is -0.494 e. The maximum absolute atomic E-state index is 10.9. The molecule has 28 heavy (non-hydrogen) atoms. The van der Waals surface area contributed by atoms with E-state index in [4.69, 9.17) is 25.8 Å². The Bertz CT molecular complexity index is 852. The highest BCUT2D eigenvalue weighted by Gasteiger charge is 2.59. The minimum atomic E-state index is -1.12. The number of hydrogen-bond donors (Lipinski definition) is 1. The molecule has 0 spiro atoms. The predicted molar refractivity (Wildman–Crippen MR) is 109 cm³/mol. The Kier molecular flexibility index (Phi) is 5.17. The van der Waals surface area contributed by atoms with E-state index in [1.54, 1.807) is 0 Å². The summed E-state index contributed by atoms with van der Waals surface area (Å²) in [4.78, 5) is 0. The molecule has 0 unspecified atom stereocenters. The first-order valence-corrected chi connectivity index (χ1v) is 10.3. The molecule has 2 aromatic carbocycles. The van der Waals surface area contributed by atoms with Crippen molar-refractivity contribution in [2.24, 2.45) is 5.92 Å². The summed E-state index contributed by atoms with van der Waals surface area (Å²) < 4.78 is 17.9. The van der Waals surface area contributed by atoms with Gasteiger partial charge in [-0.05, 0) is 68.0 Å². The van der Waals surface area contributed by atoms with Crippen molar-refractivity contribution >= 4 is 11.6 Å². The first-order chi connectivity index (χ1) is 13.3. The average molecular weight is 403 g/mol. The van der Waals surface area contributed by atoms with Crippen LogP contribution in [0.4, 0.5) is 0 Å². The molecule has 2 heterocycles. The second kappa shape index (κ2) is 7.34. The van der Waals surface area contributed by atoms with Crippen molar-refractivity contribution in [3.63, 3.8) is 0 Å². The fourth-order valence-electron chi connectivity index (χ4n) is 4.43. The van der Waals surface area contributed by atoms with Gasteiger partial charge in [0.15, 0.2) is 0 Å². The van der Waals surface area contributed by atoms with Crippen molar-refractivity contribution in [1.82, 2.24) is 0 Å². The van der Waals surface area contributed by atoms with E-state index in [1.807, 2.05) is 63.2 Å². The van der Waals surface area contributed by atoms with Crippen LogP contribution in [-0.4, -0.2) is 30.0 Å². The molecule has 4 nitrogen and oxygen atoms in total. The van der Waals surface area contributed by atoms with Crippen molar-refractivity contribution in [2.45, 2.75) is 51.1 Å². The predicted octanol–water partition coefficient (Wildman–Crippen LogP) is 4.69. The number of aliphatic hydroxyl groups excluding tert-OH is 1. The summed E-state index contributed by atoms with van der Waals surface area (Å²) in [7, 11) is 0. The van der Waals surface area contributed by atoms with Crippen molar-refractivity contribution in [3.8, 4) is 5.75 Å². The molecule has 2 bridgehead atoms. The van der Waals surface area contributed by atoms with E-state index in [0.29, 0.717) is 24.7 Å². The molecule has 2 saturated heterocycles. The van der Waals surface area contributed by atoms with Gasteiger partial charge < -0.3 is 19.3 Å². The van der Waals surface area contributed by atoms with Gasteiger partial charge in [-0.25, -0.2) is 0 Å². The molecule has 2 aliphatic heterocycles. The lowest BCUT2D eigenvalue weighted by molar-refractivity contribution is -0.285. The molecular weight excluding hydrogens is 376 g/mol. The van der Waals surface area contributed by atoms with Crippen LogP contribution in [0.1, 0.15) is 43.9 Å². The van der Waals surface area contributed by atoms with Gasteiger partial charge in [-0.1, -0.05) is 36.7 Å². The van der Waals surface area contributed by atoms with Gasteiger partial charge in [0, 0.05) is 10.6 Å². The topological polar surface area (TPSA) is 47.9 Å². The van der Waals surface area contributed by atoms with Crippen LogP contribution in [0.25, 0.3) is 0 Å². The van der Waals surface area contributed by atoms with E-state index in [0.717, 1.165) is 28.9 Å². The SMILES string of the molecule is CCOc1ccc(Cc2cc([C@@]34OC[C@@](C)(C[C@H](C)[C@H]3O)O4)ccc2Cl)cc1. The van der Waals surface area contributed by atoms with Crippen molar-refractivity contribution in [1.29, 1.82) is 0 Å². The molecule has 1 N–H and O–H groups in total. The zero-order valence-electron chi connectivity index (χ0n) is 16.6. The Morgan fingerprint density at radius 2 is 1.96 bits per heavy atom. The van der Waals surface area contributed by atoms with Crippen molar-refractivity contribution in [3.05, 3.63) is 64.2 Å². The van der Waals surface area contributed by atoms with E-state index in [1.165, 1.54) is 0 Å². The number of halogens is 1. The smallest absolute Gasteiger partial charge is 0.222 e. The Balaban J connectivity index is 1.64. The van der Waals surface area contributed by atoms with E-state index in [2.05, 4.69) is 0 Å². The highest BCUT2D eigenvalue weighted by Crippen LogP contribution is 2.51. The van der Waals surface area contributed by atoms with Gasteiger partial charge in [0.2, 0.25) is 5.79 Å². The molecule has 0 aromatic heterocycles. The average Bonchev–Trinajstić information content (AvgIpc) is 2.98. The maximum atomic E-state index is 10.9. The lowest BCUT2D eigenvalue weighted by Crippen LogP contribution is -2.51. The van der Waals surface area contributed by atoms with Crippen LogP contribution in [-0.2, 0) is 21.7 Å². The fraction of sp³-hybridized carbons (Fsp3) is 0.478. The minimum absolute atomic E-state index is 0.0893. The van der Waals surface area contributed by atoms with Crippen LogP contribution in [0.15, 0.2) is 42.5 Å². The summed E-state index contributed by atoms with van der Waals surface area (Å²) in [5.74, 6) is -0.173. The third kappa shape index (κ3) is 3.43. The number of benzene rings is 2. The van der Waals surface area contributed by atoms with Gasteiger partial charge in [-0.3, -0.25) is 0 Å². The normalized spacial score (nSPS) is 31.8. The first kappa shape index (κ1) is 19.7. The summed E-state index contributed by atoms with van der Waals surface area (Å²) in [5, 5.41) is 11.6. The number of hydrogen-bond acceptors (Lipinski definition) is 4. The fourth-order valence-corrected chi connectivity index (χ4v) is 4.61. The van der Waals surface area contributed by atoms with Crippen LogP contribution in [0.2, 0.25) is 5.02 Å². The zero-order valence-corrected chi connectivity index (χ0v) is 17.3. The Morgan fingerprint density at radius 1 is 1.21 bits per heavy atom. The van der Waals surface area contributed by atoms with Gasteiger partial charge in [-0.2, -0.15) is 0 Å². The molecule has 4 atom stereocenters. The largest absolute Gasteiger partial charge is 0.494 e. The van der Waals surface area contributed by atoms with Gasteiger partial charge >= 0.3 is 0 Å². The summed E-state index contributed by atoms with van der Waals surface area (Å²) in [6.07, 6.45) is 0.739. The molecule has 2 aliphatic rings. The van der Waals surface area contributed by atoms with Crippen molar-refractivity contribution < 1.29 is 19.3 Å². The van der Waals surface area contributed by atoms with E-state index < -0.39 is 11.9 Å². The number of aliphatic hydroxyl groups is 1. The van der Waals surface area contributed by atoms with Crippen LogP contribution < -0.4 is 4.74 Å². The first-order valence-electron chi connectivity index (χ1n) is 9.88. The summed E-state index contributed by atoms with van der Waals surface area (Å²) in [5.41, 5.74) is 2.56. The molecule has 2 fully saturated rings. The van der Waals surface area contributed by atoms with Crippen LogP contribution in [0, 0.1) is 5.92 Å². The highest BCUT2D eigenvalue weighted by atomic mass is 35.5. The third-order valence-electron chi connectivity index (χ3n) is 5.75. The van der Waals surface area contributed by atoms with Gasteiger partial charge in [-0.15, -0.1) is 0 Å². The molecule has 4 rings (SSSR count). The standard InChI is InChI=1S/C23H27ClO4/c1-4-26-19-8-5-16(6-9-19)11-17-12-18(7-10-20(17)24)23-21(25)15(2)13-22(3,28-23)14-27-23/h5-10,12,15,21,25H,4,11,13-14H2,1-3H3/t15-,21+,22+,23-/m0/s1. The molecule has 0 aliphatic carbocycles. The van der Waals surface area contributed by atoms with Gasteiger partial charge in [0.1, 0.15) is 11.9 Å². The monoisotopic (exact) mass is 402 g/mol. The van der Waals surface area contributed by atoms with Crippen molar-refractivity contribution in [2.75, 3.05) is 13.2 Å². The molecule has 2 aromatic rings. The van der Waals surface area contributed by atoms with Crippen LogP contribution >= 0.6 is 11.6 Å². The lowest BCUT2D eigenvalue weighted by atomic mass is 9.81. The Labute approximate surface area is 171 Å². The second-order valence-electron chi connectivity index (χ2n) is 8.19. The van der Waals surface area contributed by atoms with Gasteiger partial charge in [0.25, 0.3) is 0 Å². The zero-order chi connectivity index (χ0) is 19.9. The quantitative estimate of drug-likeness (QED) is 0.788. The van der Waals surface area contributed by atoms with E-state index >= 15 is 0 Å². The molecule has 5 heteroatoms. The van der Waals surface area contributed by atoms with E-state index in [-0.39, 0.29) is 11.5 Å². The number of fused-ring (bicyclic) bond motifs is 2. The van der Waals surface area contributed by atoms with Crippen LogP contribution in [0.5, 0.6) is 5.75 Å². The van der Waals surface area contributed by atoms with Gasteiger partial charge in [0.05, 0.1) is 18.8 Å². The summed E-state index contributed by atoms with van der Waals surface area (Å²) in [6.45, 7) is 7.19. The summed E-state index contributed by atoms with van der Waals surface area (Å²) >= 11 is 6.49. The molecule has 0 saturated carbocycles. The number of rotatable bonds is 5.